The van der Waals surface area contributed by atoms with Crippen molar-refractivity contribution in [2.75, 3.05) is 13.1 Å². The van der Waals surface area contributed by atoms with Gasteiger partial charge in [-0.05, 0) is 56.5 Å². The highest BCUT2D eigenvalue weighted by molar-refractivity contribution is 5.80. The Morgan fingerprint density at radius 3 is 2.61 bits per heavy atom. The molecule has 4 aromatic rings. The predicted molar refractivity (Wildman–Crippen MR) is 116 cm³/mol. The summed E-state index contributed by atoms with van der Waals surface area (Å²) in [6, 6.07) is 13.7. The van der Waals surface area contributed by atoms with Crippen LogP contribution in [0.15, 0.2) is 47.0 Å². The van der Waals surface area contributed by atoms with Crippen LogP contribution in [0.25, 0.3) is 33.9 Å². The Hall–Kier alpha value is -3.55. The molecule has 1 amide bonds. The van der Waals surface area contributed by atoms with Gasteiger partial charge in [0, 0.05) is 30.6 Å². The van der Waals surface area contributed by atoms with Crippen LogP contribution in [-0.2, 0) is 11.3 Å². The van der Waals surface area contributed by atoms with Crippen molar-refractivity contribution in [1.82, 2.24) is 30.0 Å². The third-order valence-electron chi connectivity index (χ3n) is 5.74. The minimum Gasteiger partial charge on any atom is -0.343 e. The molecule has 0 atom stereocenters. The first-order valence-electron chi connectivity index (χ1n) is 10.7. The molecule has 1 aliphatic rings. The quantitative estimate of drug-likeness (QED) is 0.491. The minimum atomic E-state index is 0.190. The summed E-state index contributed by atoms with van der Waals surface area (Å²) in [6.07, 6.45) is 3.85. The Morgan fingerprint density at radius 2 is 1.81 bits per heavy atom. The molecule has 1 aliphatic heterocycles. The summed E-state index contributed by atoms with van der Waals surface area (Å²) in [6.45, 7) is 4.30. The SMILES string of the molecule is Cc1ccc(-c2nc(-c3ccc4c(c3)nnn4CCC(=O)N3CCCCC3)no2)cc1. The lowest BCUT2D eigenvalue weighted by atomic mass is 10.1. The average Bonchev–Trinajstić information content (AvgIpc) is 3.46. The number of likely N-dealkylation sites (tertiary alicyclic amines) is 1. The molecule has 8 nitrogen and oxygen atoms in total. The largest absolute Gasteiger partial charge is 0.343 e. The van der Waals surface area contributed by atoms with Crippen molar-refractivity contribution < 1.29 is 9.32 Å². The van der Waals surface area contributed by atoms with E-state index >= 15 is 0 Å². The predicted octanol–water partition coefficient (Wildman–Crippen LogP) is 3.86. The van der Waals surface area contributed by atoms with E-state index in [1.165, 1.54) is 12.0 Å². The second-order valence-corrected chi connectivity index (χ2v) is 8.00. The second-order valence-electron chi connectivity index (χ2n) is 8.00. The van der Waals surface area contributed by atoms with Crippen LogP contribution in [0.3, 0.4) is 0 Å². The standard InChI is InChI=1S/C23H24N6O2/c1-16-5-7-17(8-6-16)23-24-22(26-31-23)18-9-10-20-19(15-18)25-27-29(20)14-11-21(30)28-12-3-2-4-13-28/h5-10,15H,2-4,11-14H2,1H3. The van der Waals surface area contributed by atoms with Gasteiger partial charge < -0.3 is 9.42 Å². The van der Waals surface area contributed by atoms with E-state index in [1.54, 1.807) is 4.68 Å². The van der Waals surface area contributed by atoms with Crippen LogP contribution in [0, 0.1) is 6.92 Å². The maximum absolute atomic E-state index is 12.4. The number of hydrogen-bond donors (Lipinski definition) is 0. The summed E-state index contributed by atoms with van der Waals surface area (Å²) in [4.78, 5) is 18.9. The summed E-state index contributed by atoms with van der Waals surface area (Å²) < 4.78 is 7.23. The number of fused-ring (bicyclic) bond motifs is 1. The smallest absolute Gasteiger partial charge is 0.258 e. The highest BCUT2D eigenvalue weighted by Gasteiger charge is 2.17. The third kappa shape index (κ3) is 4.05. The highest BCUT2D eigenvalue weighted by Crippen LogP contribution is 2.25. The van der Waals surface area contributed by atoms with Gasteiger partial charge in [0.25, 0.3) is 5.89 Å². The molecule has 2 aromatic carbocycles. The Morgan fingerprint density at radius 1 is 1.03 bits per heavy atom. The molecule has 0 unspecified atom stereocenters. The molecular formula is C23H24N6O2. The topological polar surface area (TPSA) is 89.9 Å². The van der Waals surface area contributed by atoms with E-state index in [0.717, 1.165) is 48.1 Å². The van der Waals surface area contributed by atoms with Crippen LogP contribution in [0.4, 0.5) is 0 Å². The Labute approximate surface area is 179 Å². The number of rotatable bonds is 5. The molecule has 0 N–H and O–H groups in total. The lowest BCUT2D eigenvalue weighted by Crippen LogP contribution is -2.36. The van der Waals surface area contributed by atoms with Gasteiger partial charge in [-0.1, -0.05) is 28.1 Å². The number of aromatic nitrogens is 5. The fourth-order valence-corrected chi connectivity index (χ4v) is 3.93. The van der Waals surface area contributed by atoms with Crippen molar-refractivity contribution in [2.24, 2.45) is 0 Å². The van der Waals surface area contributed by atoms with Gasteiger partial charge >= 0.3 is 0 Å². The van der Waals surface area contributed by atoms with E-state index in [9.17, 15) is 4.79 Å². The zero-order chi connectivity index (χ0) is 21.2. The summed E-state index contributed by atoms with van der Waals surface area (Å²) in [7, 11) is 0. The van der Waals surface area contributed by atoms with E-state index < -0.39 is 0 Å². The monoisotopic (exact) mass is 416 g/mol. The first kappa shape index (κ1) is 19.4. The van der Waals surface area contributed by atoms with Crippen LogP contribution >= 0.6 is 0 Å². The molecule has 1 saturated heterocycles. The van der Waals surface area contributed by atoms with Gasteiger partial charge in [0.1, 0.15) is 5.52 Å². The van der Waals surface area contributed by atoms with Crippen LogP contribution in [-0.4, -0.2) is 49.0 Å². The molecule has 8 heteroatoms. The molecule has 0 spiro atoms. The highest BCUT2D eigenvalue weighted by atomic mass is 16.5. The molecule has 0 radical (unpaired) electrons. The molecule has 0 saturated carbocycles. The zero-order valence-electron chi connectivity index (χ0n) is 17.5. The fourth-order valence-electron chi connectivity index (χ4n) is 3.93. The Kier molecular flexibility index (Phi) is 5.19. The van der Waals surface area contributed by atoms with Gasteiger partial charge in [0.2, 0.25) is 11.7 Å². The van der Waals surface area contributed by atoms with E-state index in [2.05, 4.69) is 20.5 Å². The zero-order valence-corrected chi connectivity index (χ0v) is 17.5. The summed E-state index contributed by atoms with van der Waals surface area (Å²) in [5.41, 5.74) is 4.50. The molecule has 158 valence electrons. The molecule has 5 rings (SSSR count). The number of aryl methyl sites for hydroxylation is 2. The normalized spacial score (nSPS) is 14.3. The van der Waals surface area contributed by atoms with Gasteiger partial charge in [-0.2, -0.15) is 4.98 Å². The maximum atomic E-state index is 12.4. The molecule has 0 aliphatic carbocycles. The fraction of sp³-hybridized carbons (Fsp3) is 0.348. The van der Waals surface area contributed by atoms with E-state index in [-0.39, 0.29) is 5.91 Å². The summed E-state index contributed by atoms with van der Waals surface area (Å²) in [5, 5.41) is 12.6. The van der Waals surface area contributed by atoms with Crippen molar-refractivity contribution in [1.29, 1.82) is 0 Å². The second kappa shape index (κ2) is 8.29. The van der Waals surface area contributed by atoms with Gasteiger partial charge in [-0.15, -0.1) is 5.10 Å². The lowest BCUT2D eigenvalue weighted by molar-refractivity contribution is -0.132. The number of carbonyl (C=O) groups excluding carboxylic acids is 1. The Bertz CT molecular complexity index is 1200. The van der Waals surface area contributed by atoms with Gasteiger partial charge in [-0.25, -0.2) is 4.68 Å². The molecule has 3 heterocycles. The number of amides is 1. The van der Waals surface area contributed by atoms with E-state index in [1.807, 2.05) is 54.3 Å². The molecule has 2 aromatic heterocycles. The first-order valence-corrected chi connectivity index (χ1v) is 10.7. The van der Waals surface area contributed by atoms with Gasteiger partial charge in [0.05, 0.1) is 12.1 Å². The van der Waals surface area contributed by atoms with Gasteiger partial charge in [-0.3, -0.25) is 4.79 Å². The van der Waals surface area contributed by atoms with Gasteiger partial charge in [0.15, 0.2) is 0 Å². The van der Waals surface area contributed by atoms with Crippen LogP contribution < -0.4 is 0 Å². The number of carbonyl (C=O) groups is 1. The van der Waals surface area contributed by atoms with Crippen molar-refractivity contribution in [3.63, 3.8) is 0 Å². The third-order valence-corrected chi connectivity index (χ3v) is 5.74. The molecule has 1 fully saturated rings. The van der Waals surface area contributed by atoms with Crippen molar-refractivity contribution in [2.45, 2.75) is 39.2 Å². The van der Waals surface area contributed by atoms with Crippen molar-refractivity contribution in [3.05, 3.63) is 48.0 Å². The van der Waals surface area contributed by atoms with Crippen molar-refractivity contribution >= 4 is 16.9 Å². The minimum absolute atomic E-state index is 0.190. The maximum Gasteiger partial charge on any atom is 0.258 e. The molecule has 0 bridgehead atoms. The number of nitrogens with zero attached hydrogens (tertiary/aromatic N) is 6. The average molecular weight is 416 g/mol. The van der Waals surface area contributed by atoms with E-state index in [4.69, 9.17) is 4.52 Å². The first-order chi connectivity index (χ1) is 15.2. The molecular weight excluding hydrogens is 392 g/mol. The van der Waals surface area contributed by atoms with Crippen LogP contribution in [0.5, 0.6) is 0 Å². The van der Waals surface area contributed by atoms with E-state index in [0.29, 0.717) is 24.7 Å². The number of piperidine rings is 1. The van der Waals surface area contributed by atoms with Crippen molar-refractivity contribution in [3.8, 4) is 22.8 Å². The molecule has 31 heavy (non-hydrogen) atoms. The number of hydrogen-bond acceptors (Lipinski definition) is 6. The summed E-state index contributed by atoms with van der Waals surface area (Å²) >= 11 is 0. The lowest BCUT2D eigenvalue weighted by Gasteiger charge is -2.26. The number of benzene rings is 2. The Balaban J connectivity index is 1.31. The van der Waals surface area contributed by atoms with Crippen LogP contribution in [0.1, 0.15) is 31.2 Å². The van der Waals surface area contributed by atoms with Crippen LogP contribution in [0.2, 0.25) is 0 Å². The summed E-state index contributed by atoms with van der Waals surface area (Å²) in [5.74, 6) is 1.18.